The van der Waals surface area contributed by atoms with Gasteiger partial charge in [-0.3, -0.25) is 9.59 Å². The molecule has 0 aromatic heterocycles. The van der Waals surface area contributed by atoms with Gasteiger partial charge in [0, 0.05) is 12.1 Å². The van der Waals surface area contributed by atoms with Gasteiger partial charge in [-0.15, -0.1) is 0 Å². The summed E-state index contributed by atoms with van der Waals surface area (Å²) in [7, 11) is 1.57. The van der Waals surface area contributed by atoms with Crippen molar-refractivity contribution in [2.24, 2.45) is 5.41 Å². The van der Waals surface area contributed by atoms with Gasteiger partial charge in [-0.1, -0.05) is 12.1 Å². The van der Waals surface area contributed by atoms with E-state index in [2.05, 4.69) is 0 Å². The summed E-state index contributed by atoms with van der Waals surface area (Å²) >= 11 is 0. The van der Waals surface area contributed by atoms with Crippen LogP contribution in [0.15, 0.2) is 36.4 Å². The number of phenols is 1. The molecule has 1 unspecified atom stereocenters. The van der Waals surface area contributed by atoms with Gasteiger partial charge in [0.2, 0.25) is 0 Å². The minimum absolute atomic E-state index is 0.0950. The Balaban J connectivity index is 1.88. The van der Waals surface area contributed by atoms with E-state index in [1.165, 1.54) is 12.1 Å². The number of esters is 1. The number of fused-ring (bicyclic) bond motifs is 1. The molecule has 0 aliphatic carbocycles. The number of ether oxygens (including phenoxy) is 3. The number of carbonyl (C=O) groups excluding carboxylic acids is 2. The molecule has 0 spiro atoms. The molecule has 1 aliphatic heterocycles. The second-order valence-corrected chi connectivity index (χ2v) is 7.46. The number of rotatable bonds is 3. The number of ketones is 1. The monoisotopic (exact) mass is 370 g/mol. The first kappa shape index (κ1) is 18.8. The van der Waals surface area contributed by atoms with Crippen LogP contribution in [0.4, 0.5) is 0 Å². The van der Waals surface area contributed by atoms with Crippen molar-refractivity contribution in [2.75, 3.05) is 13.7 Å². The average molecular weight is 370 g/mol. The van der Waals surface area contributed by atoms with Crippen LogP contribution in [0.2, 0.25) is 0 Å². The van der Waals surface area contributed by atoms with Crippen LogP contribution in [0.5, 0.6) is 23.0 Å². The number of Topliss-reactive ketones (excluding diaryl/α,β-unsaturated/α-hetero) is 1. The maximum absolute atomic E-state index is 12.9. The fourth-order valence-corrected chi connectivity index (χ4v) is 2.76. The Morgan fingerprint density at radius 1 is 1.15 bits per heavy atom. The van der Waals surface area contributed by atoms with Gasteiger partial charge in [-0.25, -0.2) is 0 Å². The standard InChI is InChI=1S/C21H22O6/c1-21(2,3)20(24)27-14-9-16(22)18-17(10-14)26-11-15(19(18)23)12-5-7-13(25-4)8-6-12/h5-10,15,22H,11H2,1-4H3. The highest BCUT2D eigenvalue weighted by atomic mass is 16.5. The van der Waals surface area contributed by atoms with Gasteiger partial charge >= 0.3 is 5.97 Å². The quantitative estimate of drug-likeness (QED) is 0.655. The maximum atomic E-state index is 12.9. The highest BCUT2D eigenvalue weighted by Crippen LogP contribution is 2.41. The molecule has 6 nitrogen and oxygen atoms in total. The molecule has 27 heavy (non-hydrogen) atoms. The lowest BCUT2D eigenvalue weighted by molar-refractivity contribution is -0.143. The van der Waals surface area contributed by atoms with Crippen LogP contribution in [0.1, 0.15) is 42.6 Å². The molecule has 0 saturated carbocycles. The third-order valence-electron chi connectivity index (χ3n) is 4.36. The molecule has 1 N–H and O–H groups in total. The van der Waals surface area contributed by atoms with Gasteiger partial charge in [0.05, 0.1) is 18.4 Å². The average Bonchev–Trinajstić information content (AvgIpc) is 2.61. The van der Waals surface area contributed by atoms with Crippen molar-refractivity contribution in [1.29, 1.82) is 0 Å². The lowest BCUT2D eigenvalue weighted by Crippen LogP contribution is -2.27. The van der Waals surface area contributed by atoms with Crippen LogP contribution in [0, 0.1) is 5.41 Å². The van der Waals surface area contributed by atoms with E-state index >= 15 is 0 Å². The summed E-state index contributed by atoms with van der Waals surface area (Å²) in [5.41, 5.74) is 0.175. The van der Waals surface area contributed by atoms with Gasteiger partial charge in [0.1, 0.15) is 35.2 Å². The molecular weight excluding hydrogens is 348 g/mol. The van der Waals surface area contributed by atoms with E-state index in [1.54, 1.807) is 52.1 Å². The molecule has 0 saturated heterocycles. The molecular formula is C21H22O6. The first-order valence-corrected chi connectivity index (χ1v) is 8.61. The largest absolute Gasteiger partial charge is 0.507 e. The second-order valence-electron chi connectivity index (χ2n) is 7.46. The number of methoxy groups -OCH3 is 1. The summed E-state index contributed by atoms with van der Waals surface area (Å²) in [6.07, 6.45) is 0. The van der Waals surface area contributed by atoms with Crippen LogP contribution in [-0.4, -0.2) is 30.6 Å². The Morgan fingerprint density at radius 3 is 2.41 bits per heavy atom. The highest BCUT2D eigenvalue weighted by Gasteiger charge is 2.34. The molecule has 6 heteroatoms. The lowest BCUT2D eigenvalue weighted by Gasteiger charge is -2.26. The lowest BCUT2D eigenvalue weighted by atomic mass is 9.88. The number of hydrogen-bond donors (Lipinski definition) is 1. The summed E-state index contributed by atoms with van der Waals surface area (Å²) in [5.74, 6) is -0.447. The first-order valence-electron chi connectivity index (χ1n) is 8.61. The van der Waals surface area contributed by atoms with Crippen molar-refractivity contribution >= 4 is 11.8 Å². The van der Waals surface area contributed by atoms with Crippen LogP contribution < -0.4 is 14.2 Å². The summed E-state index contributed by atoms with van der Waals surface area (Å²) < 4.78 is 16.1. The molecule has 1 atom stereocenters. The molecule has 3 rings (SSSR count). The van der Waals surface area contributed by atoms with E-state index in [9.17, 15) is 14.7 Å². The van der Waals surface area contributed by atoms with Gasteiger partial charge in [-0.05, 0) is 38.5 Å². The molecule has 1 heterocycles. The van der Waals surface area contributed by atoms with Crippen molar-refractivity contribution in [2.45, 2.75) is 26.7 Å². The Hall–Kier alpha value is -3.02. The Morgan fingerprint density at radius 2 is 1.81 bits per heavy atom. The minimum atomic E-state index is -0.693. The van der Waals surface area contributed by atoms with Crippen LogP contribution in [-0.2, 0) is 4.79 Å². The van der Waals surface area contributed by atoms with Gasteiger partial charge in [-0.2, -0.15) is 0 Å². The summed E-state index contributed by atoms with van der Waals surface area (Å²) in [4.78, 5) is 25.0. The zero-order valence-electron chi connectivity index (χ0n) is 15.7. The molecule has 1 aliphatic rings. The van der Waals surface area contributed by atoms with Crippen molar-refractivity contribution in [3.05, 3.63) is 47.5 Å². The predicted octanol–water partition coefficient (Wildman–Crippen LogP) is 3.71. The number of hydrogen-bond acceptors (Lipinski definition) is 6. The van der Waals surface area contributed by atoms with E-state index in [0.717, 1.165) is 5.56 Å². The van der Waals surface area contributed by atoms with E-state index in [1.807, 2.05) is 0 Å². The van der Waals surface area contributed by atoms with E-state index in [4.69, 9.17) is 14.2 Å². The predicted molar refractivity (Wildman–Crippen MR) is 98.8 cm³/mol. The number of phenolic OH excluding ortho intramolecular Hbond substituents is 1. The molecule has 2 aromatic rings. The van der Waals surface area contributed by atoms with Gasteiger partial charge in [0.25, 0.3) is 0 Å². The third kappa shape index (κ3) is 3.74. The topological polar surface area (TPSA) is 82.1 Å². The summed E-state index contributed by atoms with van der Waals surface area (Å²) in [6, 6.07) is 9.86. The van der Waals surface area contributed by atoms with Crippen LogP contribution in [0.3, 0.4) is 0 Å². The van der Waals surface area contributed by atoms with Gasteiger partial charge < -0.3 is 19.3 Å². The van der Waals surface area contributed by atoms with E-state index in [0.29, 0.717) is 5.75 Å². The molecule has 0 fully saturated rings. The minimum Gasteiger partial charge on any atom is -0.507 e. The van der Waals surface area contributed by atoms with E-state index < -0.39 is 17.3 Å². The Kier molecular flexibility index (Phi) is 4.83. The smallest absolute Gasteiger partial charge is 0.316 e. The molecule has 0 radical (unpaired) electrons. The maximum Gasteiger partial charge on any atom is 0.316 e. The normalized spacial score (nSPS) is 16.3. The zero-order valence-corrected chi connectivity index (χ0v) is 15.7. The fourth-order valence-electron chi connectivity index (χ4n) is 2.76. The summed E-state index contributed by atoms with van der Waals surface area (Å²) in [6.45, 7) is 5.32. The Bertz CT molecular complexity index is 877. The fraction of sp³-hybridized carbons (Fsp3) is 0.333. The number of aromatic hydroxyl groups is 1. The molecule has 142 valence electrons. The Labute approximate surface area is 157 Å². The third-order valence-corrected chi connectivity index (χ3v) is 4.36. The van der Waals surface area contributed by atoms with E-state index in [-0.39, 0.29) is 35.2 Å². The number of carbonyl (C=O) groups is 2. The van der Waals surface area contributed by atoms with Crippen molar-refractivity contribution < 1.29 is 28.9 Å². The second kappa shape index (κ2) is 6.95. The van der Waals surface area contributed by atoms with Gasteiger partial charge in [0.15, 0.2) is 5.78 Å². The van der Waals surface area contributed by atoms with Crippen molar-refractivity contribution in [1.82, 2.24) is 0 Å². The molecule has 0 bridgehead atoms. The zero-order chi connectivity index (χ0) is 19.8. The van der Waals surface area contributed by atoms with Crippen molar-refractivity contribution in [3.8, 4) is 23.0 Å². The van der Waals surface area contributed by atoms with Crippen LogP contribution in [0.25, 0.3) is 0 Å². The molecule has 2 aromatic carbocycles. The van der Waals surface area contributed by atoms with Crippen molar-refractivity contribution in [3.63, 3.8) is 0 Å². The highest BCUT2D eigenvalue weighted by molar-refractivity contribution is 6.06. The first-order chi connectivity index (χ1) is 12.7. The van der Waals surface area contributed by atoms with Crippen LogP contribution >= 0.6 is 0 Å². The number of benzene rings is 2. The SMILES string of the molecule is COc1ccc(C2COc3cc(OC(=O)C(C)(C)C)cc(O)c3C2=O)cc1. The summed E-state index contributed by atoms with van der Waals surface area (Å²) in [5, 5.41) is 10.4. The molecule has 0 amide bonds.